The second-order valence-corrected chi connectivity index (χ2v) is 7.75. The van der Waals surface area contributed by atoms with E-state index < -0.39 is 0 Å². The molecular weight excluding hydrogens is 262 g/mol. The molecule has 0 aromatic rings. The Morgan fingerprint density at radius 2 is 1.71 bits per heavy atom. The van der Waals surface area contributed by atoms with E-state index in [1.165, 1.54) is 25.8 Å². The lowest BCUT2D eigenvalue weighted by atomic mass is 10.0. The predicted molar refractivity (Wildman–Crippen MR) is 83.1 cm³/mol. The Balaban J connectivity index is 1.22. The molecule has 0 bridgehead atoms. The molecule has 2 aliphatic heterocycles. The summed E-state index contributed by atoms with van der Waals surface area (Å²) in [7, 11) is 0. The fraction of sp³-hybridized carbons (Fsp3) is 0.941. The van der Waals surface area contributed by atoms with Crippen LogP contribution in [0, 0.1) is 5.92 Å². The number of rotatable bonds is 4. The van der Waals surface area contributed by atoms with Gasteiger partial charge in [0.1, 0.15) is 0 Å². The third-order valence-electron chi connectivity index (χ3n) is 5.84. The van der Waals surface area contributed by atoms with Gasteiger partial charge >= 0.3 is 0 Å². The van der Waals surface area contributed by atoms with Gasteiger partial charge in [-0.3, -0.25) is 9.69 Å². The maximum Gasteiger partial charge on any atom is 0.225 e. The Bertz CT molecular complexity index is 397. The second-order valence-electron chi connectivity index (χ2n) is 7.75. The molecule has 4 heteroatoms. The molecule has 4 rings (SSSR count). The molecule has 4 nitrogen and oxygen atoms in total. The van der Waals surface area contributed by atoms with Gasteiger partial charge in [-0.2, -0.15) is 0 Å². The Morgan fingerprint density at radius 3 is 2.33 bits per heavy atom. The van der Waals surface area contributed by atoms with Crippen LogP contribution in [0.4, 0.5) is 0 Å². The van der Waals surface area contributed by atoms with Crippen LogP contribution in [0.3, 0.4) is 0 Å². The highest BCUT2D eigenvalue weighted by molar-refractivity contribution is 5.81. The summed E-state index contributed by atoms with van der Waals surface area (Å²) in [6, 6.07) is 2.96. The first kappa shape index (κ1) is 14.0. The summed E-state index contributed by atoms with van der Waals surface area (Å²) in [4.78, 5) is 16.9. The van der Waals surface area contributed by atoms with Crippen molar-refractivity contribution in [3.63, 3.8) is 0 Å². The number of amides is 1. The van der Waals surface area contributed by atoms with Gasteiger partial charge in [-0.05, 0) is 51.9 Å². The highest BCUT2D eigenvalue weighted by atomic mass is 16.2. The van der Waals surface area contributed by atoms with Crippen LogP contribution in [0.1, 0.15) is 51.9 Å². The molecule has 0 aromatic heterocycles. The molecular formula is C17H29N3O. The zero-order valence-corrected chi connectivity index (χ0v) is 13.3. The average molecular weight is 291 g/mol. The van der Waals surface area contributed by atoms with Crippen LogP contribution in [0.5, 0.6) is 0 Å². The lowest BCUT2D eigenvalue weighted by molar-refractivity contribution is -0.133. The van der Waals surface area contributed by atoms with E-state index in [9.17, 15) is 4.79 Å². The van der Waals surface area contributed by atoms with E-state index >= 15 is 0 Å². The average Bonchev–Trinajstić information content (AvgIpc) is 3.37. The molecule has 0 aromatic carbocycles. The summed E-state index contributed by atoms with van der Waals surface area (Å²) < 4.78 is 0. The van der Waals surface area contributed by atoms with Crippen molar-refractivity contribution >= 4 is 5.91 Å². The summed E-state index contributed by atoms with van der Waals surface area (Å²) in [6.45, 7) is 5.58. The zero-order chi connectivity index (χ0) is 14.4. The van der Waals surface area contributed by atoms with Gasteiger partial charge in [-0.25, -0.2) is 0 Å². The molecule has 2 saturated heterocycles. The quantitative estimate of drug-likeness (QED) is 0.854. The first-order valence-electron chi connectivity index (χ1n) is 9.01. The smallest absolute Gasteiger partial charge is 0.225 e. The Labute approximate surface area is 128 Å². The molecule has 118 valence electrons. The molecule has 2 heterocycles. The van der Waals surface area contributed by atoms with Crippen molar-refractivity contribution < 1.29 is 4.79 Å². The SMILES string of the molecule is CC1CC(NC2CCN(C(=O)C3CC3)CC2)CN1C1CC1. The van der Waals surface area contributed by atoms with Crippen molar-refractivity contribution in [2.24, 2.45) is 5.92 Å². The van der Waals surface area contributed by atoms with Crippen LogP contribution in [-0.4, -0.2) is 59.5 Å². The fourth-order valence-corrected chi connectivity index (χ4v) is 4.28. The largest absolute Gasteiger partial charge is 0.342 e. The number of carbonyl (C=O) groups excluding carboxylic acids is 1. The van der Waals surface area contributed by atoms with Gasteiger partial charge in [0.15, 0.2) is 0 Å². The summed E-state index contributed by atoms with van der Waals surface area (Å²) in [5.74, 6) is 0.820. The molecule has 1 amide bonds. The van der Waals surface area contributed by atoms with Crippen LogP contribution in [-0.2, 0) is 4.79 Å². The predicted octanol–water partition coefficient (Wildman–Crippen LogP) is 1.60. The number of carbonyl (C=O) groups is 1. The number of likely N-dealkylation sites (tertiary alicyclic amines) is 2. The summed E-state index contributed by atoms with van der Waals surface area (Å²) in [5.41, 5.74) is 0. The first-order valence-corrected chi connectivity index (χ1v) is 9.01. The molecule has 2 aliphatic carbocycles. The minimum Gasteiger partial charge on any atom is -0.342 e. The van der Waals surface area contributed by atoms with Crippen LogP contribution in [0.15, 0.2) is 0 Å². The normalized spacial score (nSPS) is 35.4. The van der Waals surface area contributed by atoms with Gasteiger partial charge in [0.2, 0.25) is 5.91 Å². The maximum atomic E-state index is 12.1. The standard InChI is InChI=1S/C17H29N3O/c1-12-10-15(11-20(12)16-4-5-16)18-14-6-8-19(9-7-14)17(21)13-2-3-13/h12-16,18H,2-11H2,1H3. The van der Waals surface area contributed by atoms with Crippen LogP contribution >= 0.6 is 0 Å². The van der Waals surface area contributed by atoms with Gasteiger partial charge in [-0.15, -0.1) is 0 Å². The molecule has 2 unspecified atom stereocenters. The topological polar surface area (TPSA) is 35.6 Å². The Morgan fingerprint density at radius 1 is 1.00 bits per heavy atom. The van der Waals surface area contributed by atoms with E-state index in [4.69, 9.17) is 0 Å². The van der Waals surface area contributed by atoms with E-state index in [1.54, 1.807) is 0 Å². The van der Waals surface area contributed by atoms with Crippen molar-refractivity contribution in [3.05, 3.63) is 0 Å². The van der Waals surface area contributed by atoms with Gasteiger partial charge in [-0.1, -0.05) is 0 Å². The monoisotopic (exact) mass is 291 g/mol. The van der Waals surface area contributed by atoms with Crippen LogP contribution in [0.25, 0.3) is 0 Å². The summed E-state index contributed by atoms with van der Waals surface area (Å²) in [5, 5.41) is 3.89. The van der Waals surface area contributed by atoms with Crippen molar-refractivity contribution in [1.29, 1.82) is 0 Å². The van der Waals surface area contributed by atoms with Crippen molar-refractivity contribution in [2.45, 2.75) is 76.0 Å². The fourth-order valence-electron chi connectivity index (χ4n) is 4.28. The number of piperidine rings is 1. The number of nitrogens with zero attached hydrogens (tertiary/aromatic N) is 2. The van der Waals surface area contributed by atoms with Gasteiger partial charge in [0.05, 0.1) is 0 Å². The summed E-state index contributed by atoms with van der Waals surface area (Å²) >= 11 is 0. The van der Waals surface area contributed by atoms with Crippen LogP contribution in [0.2, 0.25) is 0 Å². The molecule has 0 spiro atoms. The number of hydrogen-bond donors (Lipinski definition) is 1. The molecule has 2 atom stereocenters. The molecule has 1 N–H and O–H groups in total. The third-order valence-corrected chi connectivity index (χ3v) is 5.84. The Kier molecular flexibility index (Phi) is 3.70. The van der Waals surface area contributed by atoms with E-state index in [2.05, 4.69) is 22.0 Å². The van der Waals surface area contributed by atoms with Crippen molar-refractivity contribution in [1.82, 2.24) is 15.1 Å². The number of nitrogens with one attached hydrogen (secondary N) is 1. The van der Waals surface area contributed by atoms with E-state index in [1.807, 2.05) is 0 Å². The maximum absolute atomic E-state index is 12.1. The van der Waals surface area contributed by atoms with E-state index in [0.29, 0.717) is 23.9 Å². The van der Waals surface area contributed by atoms with Gasteiger partial charge < -0.3 is 10.2 Å². The molecule has 4 aliphatic rings. The van der Waals surface area contributed by atoms with Gasteiger partial charge in [0, 0.05) is 49.7 Å². The first-order chi connectivity index (χ1) is 10.2. The zero-order valence-electron chi connectivity index (χ0n) is 13.3. The Hall–Kier alpha value is -0.610. The number of hydrogen-bond acceptors (Lipinski definition) is 3. The highest BCUT2D eigenvalue weighted by Crippen LogP contribution is 2.34. The molecule has 4 fully saturated rings. The third kappa shape index (κ3) is 3.11. The lowest BCUT2D eigenvalue weighted by Crippen LogP contribution is -2.48. The minimum atomic E-state index is 0.386. The van der Waals surface area contributed by atoms with Crippen molar-refractivity contribution in [2.75, 3.05) is 19.6 Å². The molecule has 0 radical (unpaired) electrons. The van der Waals surface area contributed by atoms with E-state index in [0.717, 1.165) is 50.9 Å². The summed E-state index contributed by atoms with van der Waals surface area (Å²) in [6.07, 6.45) is 8.69. The second kappa shape index (κ2) is 5.54. The molecule has 2 saturated carbocycles. The highest BCUT2D eigenvalue weighted by Gasteiger charge is 2.40. The van der Waals surface area contributed by atoms with E-state index in [-0.39, 0.29) is 0 Å². The minimum absolute atomic E-state index is 0.386. The van der Waals surface area contributed by atoms with Crippen molar-refractivity contribution in [3.8, 4) is 0 Å². The van der Waals surface area contributed by atoms with Crippen LogP contribution < -0.4 is 5.32 Å². The van der Waals surface area contributed by atoms with Gasteiger partial charge in [0.25, 0.3) is 0 Å². The lowest BCUT2D eigenvalue weighted by Gasteiger charge is -2.34. The molecule has 21 heavy (non-hydrogen) atoms.